The first-order valence-corrected chi connectivity index (χ1v) is 21.3. The van der Waals surface area contributed by atoms with E-state index < -0.39 is 23.4 Å². The third-order valence-corrected chi connectivity index (χ3v) is 13.2. The number of rotatable bonds is 4. The summed E-state index contributed by atoms with van der Waals surface area (Å²) < 4.78 is 83.0. The molecule has 10 heteroatoms. The Balaban J connectivity index is 1.12. The monoisotopic (exact) mass is 867 g/mol. The second kappa shape index (κ2) is 13.7. The summed E-state index contributed by atoms with van der Waals surface area (Å²) in [6.45, 7) is 0. The number of nitriles is 1. The Morgan fingerprint density at radius 3 is 1.24 bits per heavy atom. The van der Waals surface area contributed by atoms with Crippen LogP contribution in [0.3, 0.4) is 0 Å². The standard InChI is InChI=1S/C56H30F5N5/c57-51-53(64-45-16-6-1-11-36(45)37-12-2-7-17-46(37)64)42(30-62)54(52(58)55(51)66-47-18-8-3-13-38(47)39-14-4-9-19-48(39)66)65-49-20-10-5-15-40(49)41-27-31(22-26-50(41)65)32-21-24-34-35-25-23-33(56(59,60)61)29-44(35)63-43(34)28-32/h1-29,63H. The second-order valence-corrected chi connectivity index (χ2v) is 16.6. The molecule has 4 heterocycles. The Labute approximate surface area is 371 Å². The molecule has 314 valence electrons. The highest BCUT2D eigenvalue weighted by Gasteiger charge is 2.33. The average molecular weight is 868 g/mol. The maximum Gasteiger partial charge on any atom is 0.416 e. The highest BCUT2D eigenvalue weighted by Crippen LogP contribution is 2.45. The molecule has 0 unspecified atom stereocenters. The molecule has 5 nitrogen and oxygen atoms in total. The smallest absolute Gasteiger partial charge is 0.354 e. The summed E-state index contributed by atoms with van der Waals surface area (Å²) in [6.07, 6.45) is -4.48. The number of H-pyrrole nitrogens is 1. The molecule has 0 saturated heterocycles. The minimum Gasteiger partial charge on any atom is -0.354 e. The number of nitrogens with one attached hydrogen (secondary N) is 1. The van der Waals surface area contributed by atoms with Gasteiger partial charge in [0.25, 0.3) is 0 Å². The van der Waals surface area contributed by atoms with Crippen LogP contribution in [0.25, 0.3) is 115 Å². The van der Waals surface area contributed by atoms with Crippen LogP contribution >= 0.6 is 0 Å². The van der Waals surface area contributed by atoms with Crippen molar-refractivity contribution in [3.05, 3.63) is 199 Å². The molecule has 0 bridgehead atoms. The minimum absolute atomic E-state index is 0.0836. The quantitative estimate of drug-likeness (QED) is 0.176. The molecule has 0 aliphatic rings. The highest BCUT2D eigenvalue weighted by atomic mass is 19.4. The normalized spacial score (nSPS) is 12.3. The van der Waals surface area contributed by atoms with Crippen molar-refractivity contribution in [1.82, 2.24) is 18.7 Å². The van der Waals surface area contributed by atoms with Crippen molar-refractivity contribution in [2.45, 2.75) is 6.18 Å². The Kier molecular flexibility index (Phi) is 7.83. The van der Waals surface area contributed by atoms with Crippen LogP contribution in [0.15, 0.2) is 176 Å². The summed E-state index contributed by atoms with van der Waals surface area (Å²) in [5.74, 6) is -1.80. The van der Waals surface area contributed by atoms with Gasteiger partial charge in [0.05, 0.1) is 38.7 Å². The molecular formula is C56H30F5N5. The summed E-state index contributed by atoms with van der Waals surface area (Å²) in [4.78, 5) is 3.18. The van der Waals surface area contributed by atoms with Crippen LogP contribution in [0.1, 0.15) is 11.1 Å². The summed E-state index contributed by atoms with van der Waals surface area (Å²) in [6, 6.07) is 55.4. The van der Waals surface area contributed by atoms with E-state index in [0.717, 1.165) is 61.0 Å². The van der Waals surface area contributed by atoms with Gasteiger partial charge >= 0.3 is 6.18 Å². The predicted molar refractivity (Wildman–Crippen MR) is 254 cm³/mol. The SMILES string of the molecule is N#Cc1c(-n2c3ccccc3c3ccccc32)c(F)c(-n2c3ccccc3c3ccccc32)c(F)c1-n1c2ccccc2c2cc(-c3ccc4c(c3)[nH]c3cc(C(F)(F)F)ccc34)ccc21. The molecule has 1 N–H and O–H groups in total. The van der Waals surface area contributed by atoms with Crippen LogP contribution in [-0.4, -0.2) is 18.7 Å². The van der Waals surface area contributed by atoms with Crippen molar-refractivity contribution in [2.75, 3.05) is 0 Å². The van der Waals surface area contributed by atoms with Gasteiger partial charge in [-0.25, -0.2) is 8.78 Å². The van der Waals surface area contributed by atoms with Gasteiger partial charge in [0.1, 0.15) is 28.7 Å². The Morgan fingerprint density at radius 1 is 0.394 bits per heavy atom. The lowest BCUT2D eigenvalue weighted by Crippen LogP contribution is -2.14. The van der Waals surface area contributed by atoms with Crippen LogP contribution in [0.5, 0.6) is 0 Å². The molecule has 13 aromatic rings. The molecule has 9 aromatic carbocycles. The fraction of sp³-hybridized carbons (Fsp3) is 0.0179. The number of fused-ring (bicyclic) bond motifs is 12. The first-order valence-electron chi connectivity index (χ1n) is 21.3. The lowest BCUT2D eigenvalue weighted by atomic mass is 10.0. The third-order valence-electron chi connectivity index (χ3n) is 13.2. The van der Waals surface area contributed by atoms with E-state index in [-0.39, 0.29) is 22.6 Å². The fourth-order valence-electron chi connectivity index (χ4n) is 10.4. The zero-order valence-corrected chi connectivity index (χ0v) is 34.4. The van der Waals surface area contributed by atoms with Crippen molar-refractivity contribution >= 4 is 87.2 Å². The number of hydrogen-bond acceptors (Lipinski definition) is 1. The lowest BCUT2D eigenvalue weighted by Gasteiger charge is -2.22. The van der Waals surface area contributed by atoms with Crippen LogP contribution in [0.4, 0.5) is 22.0 Å². The van der Waals surface area contributed by atoms with Gasteiger partial charge < -0.3 is 18.7 Å². The van der Waals surface area contributed by atoms with Crippen LogP contribution in [0.2, 0.25) is 0 Å². The molecule has 0 aliphatic carbocycles. The van der Waals surface area contributed by atoms with E-state index in [2.05, 4.69) is 11.1 Å². The van der Waals surface area contributed by atoms with Crippen molar-refractivity contribution in [1.29, 1.82) is 5.26 Å². The van der Waals surface area contributed by atoms with Crippen molar-refractivity contribution < 1.29 is 22.0 Å². The second-order valence-electron chi connectivity index (χ2n) is 16.6. The molecule has 13 rings (SSSR count). The summed E-state index contributed by atoms with van der Waals surface area (Å²) in [5, 5.41) is 17.7. The molecule has 0 atom stereocenters. The van der Waals surface area contributed by atoms with Crippen LogP contribution < -0.4 is 0 Å². The highest BCUT2D eigenvalue weighted by molar-refractivity contribution is 6.14. The predicted octanol–water partition coefficient (Wildman–Crippen LogP) is 15.4. The van der Waals surface area contributed by atoms with Gasteiger partial charge in [-0.05, 0) is 71.8 Å². The first kappa shape index (κ1) is 37.8. The molecule has 0 radical (unpaired) electrons. The molecule has 0 spiro atoms. The van der Waals surface area contributed by atoms with E-state index in [1.165, 1.54) is 6.07 Å². The maximum atomic E-state index is 18.6. The molecule has 4 aromatic heterocycles. The van der Waals surface area contributed by atoms with Gasteiger partial charge in [-0.1, -0.05) is 115 Å². The first-order chi connectivity index (χ1) is 32.2. The third kappa shape index (κ3) is 5.19. The number of nitrogens with zero attached hydrogens (tertiary/aromatic N) is 4. The number of aromatic amines is 1. The van der Waals surface area contributed by atoms with E-state index in [0.29, 0.717) is 49.5 Å². The zero-order chi connectivity index (χ0) is 44.6. The zero-order valence-electron chi connectivity index (χ0n) is 34.4. The number of alkyl halides is 3. The fourth-order valence-corrected chi connectivity index (χ4v) is 10.4. The average Bonchev–Trinajstić information content (AvgIpc) is 4.07. The van der Waals surface area contributed by atoms with Gasteiger partial charge in [0.2, 0.25) is 0 Å². The number of aromatic nitrogens is 4. The molecule has 0 aliphatic heterocycles. The largest absolute Gasteiger partial charge is 0.416 e. The van der Waals surface area contributed by atoms with Crippen molar-refractivity contribution in [3.63, 3.8) is 0 Å². The number of hydrogen-bond donors (Lipinski definition) is 1. The van der Waals surface area contributed by atoms with Crippen molar-refractivity contribution in [2.24, 2.45) is 0 Å². The van der Waals surface area contributed by atoms with Gasteiger partial charge in [0.15, 0.2) is 11.6 Å². The van der Waals surface area contributed by atoms with E-state index in [1.54, 1.807) is 13.7 Å². The molecule has 0 saturated carbocycles. The molecule has 0 fully saturated rings. The molecule has 66 heavy (non-hydrogen) atoms. The molecule has 0 amide bonds. The topological polar surface area (TPSA) is 54.4 Å². The number of halogens is 5. The number of benzene rings is 9. The van der Waals surface area contributed by atoms with Crippen LogP contribution in [0, 0.1) is 23.0 Å². The van der Waals surface area contributed by atoms with Gasteiger partial charge in [-0.2, -0.15) is 18.4 Å². The van der Waals surface area contributed by atoms with E-state index in [9.17, 15) is 18.4 Å². The Bertz CT molecular complexity index is 4160. The van der Waals surface area contributed by atoms with E-state index in [1.807, 2.05) is 158 Å². The van der Waals surface area contributed by atoms with Gasteiger partial charge in [-0.3, -0.25) is 0 Å². The molecular weight excluding hydrogens is 838 g/mol. The summed E-state index contributed by atoms with van der Waals surface area (Å²) in [5.41, 5.74) is 4.90. The van der Waals surface area contributed by atoms with Gasteiger partial charge in [-0.15, -0.1) is 0 Å². The minimum atomic E-state index is -4.48. The number of para-hydroxylation sites is 5. The lowest BCUT2D eigenvalue weighted by molar-refractivity contribution is -0.137. The maximum absolute atomic E-state index is 18.6. The Hall–Kier alpha value is -8.68. The van der Waals surface area contributed by atoms with E-state index >= 15 is 8.78 Å². The van der Waals surface area contributed by atoms with Crippen LogP contribution in [-0.2, 0) is 6.18 Å². The Morgan fingerprint density at radius 2 is 0.773 bits per heavy atom. The van der Waals surface area contributed by atoms with Crippen molar-refractivity contribution in [3.8, 4) is 34.3 Å². The van der Waals surface area contributed by atoms with E-state index in [4.69, 9.17) is 0 Å². The summed E-state index contributed by atoms with van der Waals surface area (Å²) >= 11 is 0. The summed E-state index contributed by atoms with van der Waals surface area (Å²) in [7, 11) is 0. The van der Waals surface area contributed by atoms with Gasteiger partial charge in [0, 0.05) is 54.1 Å².